The van der Waals surface area contributed by atoms with Crippen molar-refractivity contribution in [3.63, 3.8) is 0 Å². The molecule has 6 nitrogen and oxygen atoms in total. The van der Waals surface area contributed by atoms with E-state index in [2.05, 4.69) is 9.88 Å². The topological polar surface area (TPSA) is 77.7 Å². The third-order valence-corrected chi connectivity index (χ3v) is 3.75. The number of nitrogens with zero attached hydrogens (tertiary/aromatic N) is 2. The monoisotopic (exact) mass is 307 g/mol. The second-order valence-electron chi connectivity index (χ2n) is 6.63. The number of rotatable bonds is 5. The molecule has 0 saturated carbocycles. The number of hydrogen-bond acceptors (Lipinski definition) is 5. The summed E-state index contributed by atoms with van der Waals surface area (Å²) in [5, 5.41) is 0. The molecule has 1 aromatic rings. The summed E-state index contributed by atoms with van der Waals surface area (Å²) in [6.45, 7) is 8.20. The van der Waals surface area contributed by atoms with Crippen LogP contribution in [-0.2, 0) is 4.74 Å². The standard InChI is InChI=1S/C16H25N3O3/c1-16(2,3)12(22-15(17)20)11-21-14-8-6-7-13(18-14)19-9-4-5-10-19/h6-8,12H,4-5,9-11H2,1-3H3,(H2,17,20). The summed E-state index contributed by atoms with van der Waals surface area (Å²) in [6, 6.07) is 5.72. The zero-order chi connectivity index (χ0) is 16.2. The van der Waals surface area contributed by atoms with Crippen LogP contribution in [-0.4, -0.2) is 36.9 Å². The van der Waals surface area contributed by atoms with Gasteiger partial charge in [-0.1, -0.05) is 26.8 Å². The number of carbonyl (C=O) groups excluding carboxylic acids is 1. The molecule has 22 heavy (non-hydrogen) atoms. The van der Waals surface area contributed by atoms with Gasteiger partial charge in [0.05, 0.1) is 0 Å². The van der Waals surface area contributed by atoms with Gasteiger partial charge in [-0.15, -0.1) is 0 Å². The van der Waals surface area contributed by atoms with Crippen molar-refractivity contribution < 1.29 is 14.3 Å². The first-order valence-electron chi connectivity index (χ1n) is 7.67. The maximum Gasteiger partial charge on any atom is 0.404 e. The highest BCUT2D eigenvalue weighted by atomic mass is 16.6. The lowest BCUT2D eigenvalue weighted by Gasteiger charge is -2.29. The van der Waals surface area contributed by atoms with Crippen LogP contribution < -0.4 is 15.4 Å². The number of anilines is 1. The van der Waals surface area contributed by atoms with Crippen LogP contribution in [0.5, 0.6) is 5.88 Å². The summed E-state index contributed by atoms with van der Waals surface area (Å²) >= 11 is 0. The smallest absolute Gasteiger partial charge is 0.404 e. The van der Waals surface area contributed by atoms with Gasteiger partial charge in [-0.3, -0.25) is 0 Å². The van der Waals surface area contributed by atoms with E-state index in [0.717, 1.165) is 18.9 Å². The number of pyridine rings is 1. The first kappa shape index (κ1) is 16.4. The fraction of sp³-hybridized carbons (Fsp3) is 0.625. The fourth-order valence-electron chi connectivity index (χ4n) is 2.37. The van der Waals surface area contributed by atoms with Gasteiger partial charge in [0, 0.05) is 24.6 Å². The largest absolute Gasteiger partial charge is 0.474 e. The molecule has 2 rings (SSSR count). The molecule has 6 heteroatoms. The average molecular weight is 307 g/mol. The van der Waals surface area contributed by atoms with Crippen LogP contribution in [0.15, 0.2) is 18.2 Å². The van der Waals surface area contributed by atoms with Crippen molar-refractivity contribution in [2.24, 2.45) is 11.1 Å². The van der Waals surface area contributed by atoms with E-state index in [0.29, 0.717) is 5.88 Å². The first-order chi connectivity index (χ1) is 10.4. The molecule has 2 heterocycles. The molecule has 1 aliphatic rings. The number of ether oxygens (including phenoxy) is 2. The molecule has 1 aromatic heterocycles. The SMILES string of the molecule is CC(C)(C)C(COc1cccc(N2CCCC2)n1)OC(N)=O. The van der Waals surface area contributed by atoms with Crippen molar-refractivity contribution in [3.05, 3.63) is 18.2 Å². The molecule has 2 N–H and O–H groups in total. The molecule has 0 spiro atoms. The van der Waals surface area contributed by atoms with Crippen LogP contribution in [0.3, 0.4) is 0 Å². The lowest BCUT2D eigenvalue weighted by Crippen LogP contribution is -2.38. The first-order valence-corrected chi connectivity index (χ1v) is 7.67. The van der Waals surface area contributed by atoms with Crippen LogP contribution in [0.1, 0.15) is 33.6 Å². The molecule has 1 aliphatic heterocycles. The molecule has 1 atom stereocenters. The van der Waals surface area contributed by atoms with Crippen LogP contribution in [0.25, 0.3) is 0 Å². The highest BCUT2D eigenvalue weighted by Gasteiger charge is 2.28. The van der Waals surface area contributed by atoms with Gasteiger partial charge in [-0.05, 0) is 18.9 Å². The third-order valence-electron chi connectivity index (χ3n) is 3.75. The number of carbonyl (C=O) groups is 1. The van der Waals surface area contributed by atoms with Gasteiger partial charge in [-0.25, -0.2) is 4.79 Å². The molecule has 122 valence electrons. The molecule has 1 saturated heterocycles. The molecule has 1 fully saturated rings. The van der Waals surface area contributed by atoms with Gasteiger partial charge >= 0.3 is 6.09 Å². The van der Waals surface area contributed by atoms with Crippen molar-refractivity contribution >= 4 is 11.9 Å². The Hall–Kier alpha value is -1.98. The predicted octanol–water partition coefficient (Wildman–Crippen LogP) is 2.57. The second-order valence-corrected chi connectivity index (χ2v) is 6.63. The number of primary amides is 1. The summed E-state index contributed by atoms with van der Waals surface area (Å²) in [5.74, 6) is 1.46. The van der Waals surface area contributed by atoms with Crippen LogP contribution >= 0.6 is 0 Å². The molecule has 0 bridgehead atoms. The summed E-state index contributed by atoms with van der Waals surface area (Å²) in [4.78, 5) is 17.8. The Labute approximate surface area is 131 Å². The van der Waals surface area contributed by atoms with E-state index in [-0.39, 0.29) is 12.0 Å². The predicted molar refractivity (Wildman–Crippen MR) is 85.1 cm³/mol. The molecule has 0 aliphatic carbocycles. The van der Waals surface area contributed by atoms with Gasteiger partial charge in [0.1, 0.15) is 18.5 Å². The summed E-state index contributed by atoms with van der Waals surface area (Å²) in [6.07, 6.45) is 1.18. The zero-order valence-electron chi connectivity index (χ0n) is 13.5. The second kappa shape index (κ2) is 6.85. The van der Waals surface area contributed by atoms with E-state index in [9.17, 15) is 4.79 Å². The Morgan fingerprint density at radius 3 is 2.64 bits per heavy atom. The Balaban J connectivity index is 2.00. The minimum Gasteiger partial charge on any atom is -0.474 e. The van der Waals surface area contributed by atoms with Gasteiger partial charge in [0.25, 0.3) is 0 Å². The number of hydrogen-bond donors (Lipinski definition) is 1. The normalized spacial score (nSPS) is 16.4. The van der Waals surface area contributed by atoms with Crippen LogP contribution in [0.2, 0.25) is 0 Å². The number of nitrogens with two attached hydrogens (primary N) is 1. The van der Waals surface area contributed by atoms with Gasteiger partial charge in [0.15, 0.2) is 0 Å². The summed E-state index contributed by atoms with van der Waals surface area (Å²) < 4.78 is 10.9. The zero-order valence-corrected chi connectivity index (χ0v) is 13.5. The van der Waals surface area contributed by atoms with E-state index in [1.165, 1.54) is 12.8 Å². The van der Waals surface area contributed by atoms with Gasteiger partial charge in [0.2, 0.25) is 5.88 Å². The molecule has 1 amide bonds. The third kappa shape index (κ3) is 4.51. The van der Waals surface area contributed by atoms with E-state index in [1.807, 2.05) is 39.0 Å². The van der Waals surface area contributed by atoms with E-state index < -0.39 is 12.2 Å². The van der Waals surface area contributed by atoms with E-state index >= 15 is 0 Å². The highest BCUT2D eigenvalue weighted by molar-refractivity contribution is 5.64. The highest BCUT2D eigenvalue weighted by Crippen LogP contribution is 2.24. The molecule has 0 aromatic carbocycles. The Bertz CT molecular complexity index is 508. The minimum absolute atomic E-state index is 0.225. The number of aromatic nitrogens is 1. The van der Waals surface area contributed by atoms with Crippen molar-refractivity contribution in [3.8, 4) is 5.88 Å². The quantitative estimate of drug-likeness (QED) is 0.904. The molecular formula is C16H25N3O3. The Morgan fingerprint density at radius 1 is 1.36 bits per heavy atom. The minimum atomic E-state index is -0.790. The Morgan fingerprint density at radius 2 is 2.05 bits per heavy atom. The van der Waals surface area contributed by atoms with E-state index in [1.54, 1.807) is 0 Å². The molecule has 1 unspecified atom stereocenters. The van der Waals surface area contributed by atoms with Crippen molar-refractivity contribution in [1.29, 1.82) is 0 Å². The van der Waals surface area contributed by atoms with Crippen molar-refractivity contribution in [2.45, 2.75) is 39.7 Å². The summed E-state index contributed by atoms with van der Waals surface area (Å²) in [5.41, 5.74) is 4.86. The number of amides is 1. The maximum absolute atomic E-state index is 11.0. The van der Waals surface area contributed by atoms with Crippen molar-refractivity contribution in [1.82, 2.24) is 4.98 Å². The van der Waals surface area contributed by atoms with E-state index in [4.69, 9.17) is 15.2 Å². The van der Waals surface area contributed by atoms with Crippen LogP contribution in [0.4, 0.5) is 10.6 Å². The average Bonchev–Trinajstić information content (AvgIpc) is 2.96. The van der Waals surface area contributed by atoms with Gasteiger partial charge in [-0.2, -0.15) is 4.98 Å². The van der Waals surface area contributed by atoms with Crippen molar-refractivity contribution in [2.75, 3.05) is 24.6 Å². The maximum atomic E-state index is 11.0. The Kier molecular flexibility index (Phi) is 5.11. The lowest BCUT2D eigenvalue weighted by atomic mass is 9.89. The molecular weight excluding hydrogens is 282 g/mol. The summed E-state index contributed by atoms with van der Waals surface area (Å²) in [7, 11) is 0. The lowest BCUT2D eigenvalue weighted by molar-refractivity contribution is 0.00479. The molecule has 0 radical (unpaired) electrons. The fourth-order valence-corrected chi connectivity index (χ4v) is 2.37. The van der Waals surface area contributed by atoms with Crippen LogP contribution in [0, 0.1) is 5.41 Å². The van der Waals surface area contributed by atoms with Gasteiger partial charge < -0.3 is 20.1 Å².